The van der Waals surface area contributed by atoms with E-state index in [-0.39, 0.29) is 0 Å². The summed E-state index contributed by atoms with van der Waals surface area (Å²) in [6.07, 6.45) is 0. The molecule has 0 saturated heterocycles. The number of rotatable bonds is 3. The molecule has 0 spiro atoms. The van der Waals surface area contributed by atoms with E-state index in [0.29, 0.717) is 0 Å². The van der Waals surface area contributed by atoms with Crippen molar-refractivity contribution in [2.75, 3.05) is 7.05 Å². The first kappa shape index (κ1) is 17.7. The van der Waals surface area contributed by atoms with E-state index in [1.54, 1.807) is 5.79 Å². The molecule has 22 heavy (non-hydrogen) atoms. The van der Waals surface area contributed by atoms with Gasteiger partial charge < -0.3 is 0 Å². The first-order valence-electron chi connectivity index (χ1n) is 7.76. The van der Waals surface area contributed by atoms with Crippen molar-refractivity contribution in [1.29, 1.82) is 0 Å². The third-order valence-corrected chi connectivity index (χ3v) is 25.7. The second kappa shape index (κ2) is 5.46. The third kappa shape index (κ3) is 2.65. The van der Waals surface area contributed by atoms with Gasteiger partial charge >= 0.3 is 152 Å². The SMILES string of the molecule is CNC1(N)c2c[c]([Sn]([CH3])([CH3])[CH3])sc2-c2s[c]([Sn]([CH3])([CH3])[CH3])cc21. The van der Waals surface area contributed by atoms with E-state index >= 15 is 0 Å². The Bertz CT molecular complexity index is 674. The maximum absolute atomic E-state index is 6.84. The fraction of sp³-hybridized carbons (Fsp3) is 0.500. The summed E-state index contributed by atoms with van der Waals surface area (Å²) in [5.41, 5.74) is 9.00. The Labute approximate surface area is 150 Å². The molecule has 0 saturated carbocycles. The van der Waals surface area contributed by atoms with Crippen LogP contribution in [-0.4, -0.2) is 43.8 Å². The van der Waals surface area contributed by atoms with Crippen LogP contribution < -0.4 is 16.8 Å². The van der Waals surface area contributed by atoms with Crippen LogP contribution in [0, 0.1) is 0 Å². The molecule has 0 amide bonds. The topological polar surface area (TPSA) is 38.0 Å². The molecule has 0 atom stereocenters. The van der Waals surface area contributed by atoms with Crippen molar-refractivity contribution in [3.05, 3.63) is 23.3 Å². The van der Waals surface area contributed by atoms with Gasteiger partial charge in [0.05, 0.1) is 0 Å². The average molecular weight is 548 g/mol. The van der Waals surface area contributed by atoms with E-state index in [9.17, 15) is 0 Å². The second-order valence-corrected chi connectivity index (χ2v) is 41.2. The first-order chi connectivity index (χ1) is 9.98. The molecular weight excluding hydrogens is 522 g/mol. The quantitative estimate of drug-likeness (QED) is 0.457. The van der Waals surface area contributed by atoms with Crippen molar-refractivity contribution >= 4 is 65.2 Å². The summed E-state index contributed by atoms with van der Waals surface area (Å²) in [4.78, 5) is 17.8. The van der Waals surface area contributed by atoms with E-state index in [0.717, 1.165) is 0 Å². The number of fused-ring (bicyclic) bond motifs is 3. The Hall–Kier alpha value is 0.917. The first-order valence-corrected chi connectivity index (χ1v) is 29.4. The molecule has 2 nitrogen and oxygen atoms in total. The van der Waals surface area contributed by atoms with Crippen LogP contribution in [0.25, 0.3) is 9.75 Å². The molecule has 120 valence electrons. The van der Waals surface area contributed by atoms with Gasteiger partial charge in [-0.25, -0.2) is 0 Å². The van der Waals surface area contributed by atoms with Crippen LogP contribution in [0.2, 0.25) is 29.6 Å². The Morgan fingerprint density at radius 1 is 0.864 bits per heavy atom. The Morgan fingerprint density at radius 3 is 1.50 bits per heavy atom. The number of thiophene rings is 2. The Kier molecular flexibility index (Phi) is 4.40. The molecule has 0 bridgehead atoms. The summed E-state index contributed by atoms with van der Waals surface area (Å²) in [5.74, 6) is 0. The van der Waals surface area contributed by atoms with Crippen LogP contribution in [0.5, 0.6) is 0 Å². The monoisotopic (exact) mass is 550 g/mol. The fourth-order valence-electron chi connectivity index (χ4n) is 2.86. The van der Waals surface area contributed by atoms with Gasteiger partial charge in [0.1, 0.15) is 0 Å². The van der Waals surface area contributed by atoms with Crippen molar-refractivity contribution in [1.82, 2.24) is 5.32 Å². The van der Waals surface area contributed by atoms with Gasteiger partial charge in [0.25, 0.3) is 0 Å². The van der Waals surface area contributed by atoms with E-state index in [2.05, 4.69) is 47.1 Å². The van der Waals surface area contributed by atoms with Gasteiger partial charge in [-0.1, -0.05) is 0 Å². The van der Waals surface area contributed by atoms with Crippen molar-refractivity contribution in [3.63, 3.8) is 0 Å². The molecule has 3 rings (SSSR count). The molecule has 2 aromatic rings. The van der Waals surface area contributed by atoms with E-state index in [1.807, 2.05) is 29.7 Å². The molecule has 2 heterocycles. The van der Waals surface area contributed by atoms with Crippen LogP contribution in [0.15, 0.2) is 12.1 Å². The normalized spacial score (nSPS) is 16.7. The van der Waals surface area contributed by atoms with Gasteiger partial charge in [0.2, 0.25) is 0 Å². The van der Waals surface area contributed by atoms with Gasteiger partial charge in [-0.3, -0.25) is 0 Å². The third-order valence-electron chi connectivity index (χ3n) is 4.39. The number of nitrogens with two attached hydrogens (primary N) is 1. The summed E-state index contributed by atoms with van der Waals surface area (Å²) < 4.78 is 3.26. The summed E-state index contributed by atoms with van der Waals surface area (Å²) in [6.45, 7) is 0. The molecule has 0 aromatic carbocycles. The molecule has 1 aliphatic carbocycles. The molecule has 6 heteroatoms. The van der Waals surface area contributed by atoms with Crippen molar-refractivity contribution in [3.8, 4) is 9.75 Å². The summed E-state index contributed by atoms with van der Waals surface area (Å²) in [7, 11) is 1.99. The van der Waals surface area contributed by atoms with Gasteiger partial charge in [-0.2, -0.15) is 0 Å². The molecule has 0 fully saturated rings. The molecule has 1 aliphatic rings. The summed E-state index contributed by atoms with van der Waals surface area (Å²) in [6, 6.07) is 4.83. The maximum atomic E-state index is 6.84. The van der Waals surface area contributed by atoms with Crippen molar-refractivity contribution in [2.45, 2.75) is 35.3 Å². The molecule has 0 radical (unpaired) electrons. The van der Waals surface area contributed by atoms with Crippen LogP contribution in [0.3, 0.4) is 0 Å². The van der Waals surface area contributed by atoms with Crippen LogP contribution in [0.1, 0.15) is 11.1 Å². The Morgan fingerprint density at radius 2 is 1.23 bits per heavy atom. The molecule has 3 N–H and O–H groups in total. The van der Waals surface area contributed by atoms with E-state index in [1.165, 1.54) is 20.9 Å². The van der Waals surface area contributed by atoms with Crippen LogP contribution in [0.4, 0.5) is 0 Å². The van der Waals surface area contributed by atoms with Crippen LogP contribution >= 0.6 is 22.7 Å². The fourth-order valence-corrected chi connectivity index (χ4v) is 15.9. The summed E-state index contributed by atoms with van der Waals surface area (Å²) in [5, 5.41) is 3.42. The minimum atomic E-state index is -2.05. The second-order valence-electron chi connectivity index (χ2n) is 8.26. The molecule has 2 aromatic heterocycles. The van der Waals surface area contributed by atoms with E-state index in [4.69, 9.17) is 5.73 Å². The average Bonchev–Trinajstić information content (AvgIpc) is 3.02. The van der Waals surface area contributed by atoms with Crippen molar-refractivity contribution < 1.29 is 0 Å². The predicted molar refractivity (Wildman–Crippen MR) is 108 cm³/mol. The predicted octanol–water partition coefficient (Wildman–Crippen LogP) is 3.26. The van der Waals surface area contributed by atoms with Crippen LogP contribution in [-0.2, 0) is 5.66 Å². The number of hydrogen-bond donors (Lipinski definition) is 2. The van der Waals surface area contributed by atoms with Crippen molar-refractivity contribution in [2.24, 2.45) is 5.73 Å². The molecule has 0 unspecified atom stereocenters. The number of hydrogen-bond acceptors (Lipinski definition) is 4. The van der Waals surface area contributed by atoms with Gasteiger partial charge in [0.15, 0.2) is 0 Å². The zero-order chi connectivity index (χ0) is 16.5. The standard InChI is InChI=1S/C10H8N2S2.6CH3.2Sn/c1-12-10(11)6-2-4-13-8(6)9-7(10)3-5-14-9;;;;;;;;/h2-3,12H,11H2,1H3;6*1H3;;. The minimum absolute atomic E-state index is 0.484. The zero-order valence-electron chi connectivity index (χ0n) is 14.5. The van der Waals surface area contributed by atoms with Gasteiger partial charge in [-0.05, 0) is 0 Å². The number of nitrogens with one attached hydrogen (secondary N) is 1. The summed E-state index contributed by atoms with van der Waals surface area (Å²) >= 11 is -0.0675. The molecule has 0 aliphatic heterocycles. The van der Waals surface area contributed by atoms with Gasteiger partial charge in [-0.15, -0.1) is 0 Å². The Balaban J connectivity index is 2.24. The van der Waals surface area contributed by atoms with E-state index < -0.39 is 42.4 Å². The van der Waals surface area contributed by atoms with Gasteiger partial charge in [0, 0.05) is 0 Å². The zero-order valence-corrected chi connectivity index (χ0v) is 21.9. The molecular formula is C16H26N2S2Sn2.